The minimum atomic E-state index is -3.92. The summed E-state index contributed by atoms with van der Waals surface area (Å²) in [6.45, 7) is 1.59. The van der Waals surface area contributed by atoms with Gasteiger partial charge < -0.3 is 5.32 Å². The van der Waals surface area contributed by atoms with E-state index in [-0.39, 0.29) is 27.8 Å². The van der Waals surface area contributed by atoms with Gasteiger partial charge in [0.25, 0.3) is 0 Å². The molecule has 0 fully saturated rings. The number of nitrogens with zero attached hydrogens (tertiary/aromatic N) is 1. The van der Waals surface area contributed by atoms with E-state index in [9.17, 15) is 22.0 Å². The molecule has 27 heavy (non-hydrogen) atoms. The van der Waals surface area contributed by atoms with Crippen LogP contribution in [0, 0.1) is 11.6 Å². The summed E-state index contributed by atoms with van der Waals surface area (Å²) in [5, 5.41) is 2.66. The van der Waals surface area contributed by atoms with Crippen LogP contribution in [0.5, 0.6) is 0 Å². The SMILES string of the molecule is CC[C@H](C(=O)Nc1ccc(F)cc1F)N(c1cc(Cl)cc(Cl)c1)S(C)(=O)=O. The van der Waals surface area contributed by atoms with E-state index in [0.717, 1.165) is 22.7 Å². The summed E-state index contributed by atoms with van der Waals surface area (Å²) >= 11 is 11.9. The molecule has 10 heteroatoms. The second-order valence-corrected chi connectivity index (χ2v) is 8.46. The normalized spacial score (nSPS) is 12.5. The number of anilines is 2. The van der Waals surface area contributed by atoms with Gasteiger partial charge in [-0.15, -0.1) is 0 Å². The van der Waals surface area contributed by atoms with Crippen LogP contribution in [0.3, 0.4) is 0 Å². The molecule has 0 aliphatic carbocycles. The van der Waals surface area contributed by atoms with E-state index in [1.807, 2.05) is 0 Å². The molecule has 2 aromatic rings. The van der Waals surface area contributed by atoms with Crippen LogP contribution >= 0.6 is 23.2 Å². The molecule has 0 saturated heterocycles. The van der Waals surface area contributed by atoms with E-state index in [1.165, 1.54) is 18.2 Å². The number of carbonyl (C=O) groups is 1. The van der Waals surface area contributed by atoms with Gasteiger partial charge in [-0.25, -0.2) is 17.2 Å². The van der Waals surface area contributed by atoms with Crippen molar-refractivity contribution in [1.82, 2.24) is 0 Å². The quantitative estimate of drug-likeness (QED) is 0.726. The van der Waals surface area contributed by atoms with Crippen LogP contribution in [0.15, 0.2) is 36.4 Å². The summed E-state index contributed by atoms with van der Waals surface area (Å²) in [6.07, 6.45) is 1.00. The lowest BCUT2D eigenvalue weighted by Crippen LogP contribution is -2.47. The number of nitrogens with one attached hydrogen (secondary N) is 1. The monoisotopic (exact) mass is 436 g/mol. The number of halogens is 4. The van der Waals surface area contributed by atoms with E-state index in [4.69, 9.17) is 23.2 Å². The summed E-state index contributed by atoms with van der Waals surface area (Å²) in [5.74, 6) is -2.57. The second kappa shape index (κ2) is 8.41. The average molecular weight is 437 g/mol. The van der Waals surface area contributed by atoms with Crippen LogP contribution in [0.4, 0.5) is 20.2 Å². The van der Waals surface area contributed by atoms with Crippen molar-refractivity contribution in [3.63, 3.8) is 0 Å². The fraction of sp³-hybridized carbons (Fsp3) is 0.235. The van der Waals surface area contributed by atoms with Crippen LogP contribution in [-0.2, 0) is 14.8 Å². The number of hydrogen-bond acceptors (Lipinski definition) is 3. The Morgan fingerprint density at radius 2 is 1.74 bits per heavy atom. The molecule has 0 aliphatic heterocycles. The number of benzene rings is 2. The Bertz CT molecular complexity index is 950. The van der Waals surface area contributed by atoms with Crippen molar-refractivity contribution in [3.05, 3.63) is 58.1 Å². The van der Waals surface area contributed by atoms with Gasteiger partial charge in [0.2, 0.25) is 15.9 Å². The van der Waals surface area contributed by atoms with Gasteiger partial charge in [-0.1, -0.05) is 30.1 Å². The van der Waals surface area contributed by atoms with Crippen LogP contribution in [0.1, 0.15) is 13.3 Å². The van der Waals surface area contributed by atoms with Crippen LogP contribution in [-0.4, -0.2) is 26.6 Å². The summed E-state index contributed by atoms with van der Waals surface area (Å²) in [6, 6.07) is 5.55. The van der Waals surface area contributed by atoms with Crippen molar-refractivity contribution >= 4 is 50.5 Å². The first-order valence-electron chi connectivity index (χ1n) is 7.74. The lowest BCUT2D eigenvalue weighted by atomic mass is 10.1. The average Bonchev–Trinajstić information content (AvgIpc) is 2.52. The van der Waals surface area contributed by atoms with Gasteiger partial charge in [0.05, 0.1) is 17.6 Å². The highest BCUT2D eigenvalue weighted by Gasteiger charge is 2.32. The molecule has 5 nitrogen and oxygen atoms in total. The highest BCUT2D eigenvalue weighted by atomic mass is 35.5. The highest BCUT2D eigenvalue weighted by Crippen LogP contribution is 2.30. The van der Waals surface area contributed by atoms with Crippen molar-refractivity contribution in [2.75, 3.05) is 15.9 Å². The molecule has 0 saturated carbocycles. The van der Waals surface area contributed by atoms with Crippen molar-refractivity contribution < 1.29 is 22.0 Å². The Kier molecular flexibility index (Phi) is 6.67. The van der Waals surface area contributed by atoms with E-state index >= 15 is 0 Å². The third-order valence-corrected chi connectivity index (χ3v) is 5.24. The summed E-state index contributed by atoms with van der Waals surface area (Å²) in [5.41, 5.74) is -0.172. The summed E-state index contributed by atoms with van der Waals surface area (Å²) in [4.78, 5) is 12.7. The largest absolute Gasteiger partial charge is 0.322 e. The van der Waals surface area contributed by atoms with Crippen molar-refractivity contribution in [2.24, 2.45) is 0 Å². The minimum absolute atomic E-state index is 0.0752. The molecule has 0 radical (unpaired) electrons. The first-order chi connectivity index (χ1) is 12.5. The van der Waals surface area contributed by atoms with Gasteiger partial charge in [0.15, 0.2) is 0 Å². The van der Waals surface area contributed by atoms with E-state index in [2.05, 4.69) is 5.32 Å². The molecular weight excluding hydrogens is 421 g/mol. The molecule has 0 aromatic heterocycles. The third kappa shape index (κ3) is 5.31. The van der Waals surface area contributed by atoms with E-state index in [1.54, 1.807) is 6.92 Å². The first-order valence-corrected chi connectivity index (χ1v) is 10.3. The Morgan fingerprint density at radius 1 is 1.15 bits per heavy atom. The molecule has 1 N–H and O–H groups in total. The maximum atomic E-state index is 13.8. The minimum Gasteiger partial charge on any atom is -0.322 e. The van der Waals surface area contributed by atoms with Crippen molar-refractivity contribution in [2.45, 2.75) is 19.4 Å². The molecule has 2 aromatic carbocycles. The predicted molar refractivity (Wildman–Crippen MR) is 103 cm³/mol. The number of sulfonamides is 1. The number of rotatable bonds is 6. The smallest absolute Gasteiger partial charge is 0.248 e. The Balaban J connectivity index is 2.44. The zero-order valence-corrected chi connectivity index (χ0v) is 16.7. The first kappa shape index (κ1) is 21.4. The molecule has 0 aliphatic rings. The molecule has 1 atom stereocenters. The zero-order chi connectivity index (χ0) is 20.4. The van der Waals surface area contributed by atoms with Gasteiger partial charge in [-0.2, -0.15) is 0 Å². The van der Waals surface area contributed by atoms with E-state index < -0.39 is 33.6 Å². The van der Waals surface area contributed by atoms with Gasteiger partial charge in [-0.3, -0.25) is 9.10 Å². The Hall–Kier alpha value is -1.90. The molecule has 0 bridgehead atoms. The van der Waals surface area contributed by atoms with Crippen molar-refractivity contribution in [3.8, 4) is 0 Å². The predicted octanol–water partition coefficient (Wildman–Crippen LogP) is 4.45. The topological polar surface area (TPSA) is 66.5 Å². The van der Waals surface area contributed by atoms with Crippen LogP contribution in [0.25, 0.3) is 0 Å². The lowest BCUT2D eigenvalue weighted by Gasteiger charge is -2.30. The number of hydrogen-bond donors (Lipinski definition) is 1. The Labute approximate surface area is 165 Å². The highest BCUT2D eigenvalue weighted by molar-refractivity contribution is 7.92. The molecule has 0 spiro atoms. The molecule has 1 amide bonds. The fourth-order valence-corrected chi connectivity index (χ4v) is 4.24. The summed E-state index contributed by atoms with van der Waals surface area (Å²) in [7, 11) is -3.92. The summed E-state index contributed by atoms with van der Waals surface area (Å²) < 4.78 is 52.4. The van der Waals surface area contributed by atoms with Crippen molar-refractivity contribution in [1.29, 1.82) is 0 Å². The zero-order valence-electron chi connectivity index (χ0n) is 14.3. The number of amides is 1. The van der Waals surface area contributed by atoms with Crippen LogP contribution in [0.2, 0.25) is 10.0 Å². The number of carbonyl (C=O) groups excluding carboxylic acids is 1. The van der Waals surface area contributed by atoms with Gasteiger partial charge >= 0.3 is 0 Å². The molecular formula is C17H16Cl2F2N2O3S. The molecule has 146 valence electrons. The molecule has 0 unspecified atom stereocenters. The fourth-order valence-electron chi connectivity index (χ4n) is 2.53. The van der Waals surface area contributed by atoms with Gasteiger partial charge in [-0.05, 0) is 36.8 Å². The van der Waals surface area contributed by atoms with Gasteiger partial charge in [0.1, 0.15) is 17.7 Å². The Morgan fingerprint density at radius 3 is 2.22 bits per heavy atom. The van der Waals surface area contributed by atoms with Crippen LogP contribution < -0.4 is 9.62 Å². The molecule has 2 rings (SSSR count). The van der Waals surface area contributed by atoms with Gasteiger partial charge in [0, 0.05) is 16.1 Å². The molecule has 0 heterocycles. The standard InChI is InChI=1S/C17H16Cl2F2N2O3S/c1-3-16(17(24)22-15-5-4-12(20)9-14(15)21)23(27(2,25)26)13-7-10(18)6-11(19)8-13/h4-9,16H,3H2,1-2H3,(H,22,24)/t16-/m1/s1. The van der Waals surface area contributed by atoms with E-state index in [0.29, 0.717) is 6.07 Å². The second-order valence-electron chi connectivity index (χ2n) is 5.72. The maximum absolute atomic E-state index is 13.8. The third-order valence-electron chi connectivity index (χ3n) is 3.62. The lowest BCUT2D eigenvalue weighted by molar-refractivity contribution is -0.117. The maximum Gasteiger partial charge on any atom is 0.248 e.